The standard InChI is InChI=1S/C21H27ClN2O6/c1-12-10-15(22)11-13(2)16(12)17-18(14(3)30-20(26)27)21(24(29-5)19(17)25)6-8-23(28-4)9-7-21/h10-11,14H,6-9H2,1-5H3,(H,26,27). The molecule has 164 valence electrons. The zero-order chi connectivity index (χ0) is 22.2. The largest absolute Gasteiger partial charge is 0.506 e. The molecule has 8 nitrogen and oxygen atoms in total. The van der Waals surface area contributed by atoms with E-state index >= 15 is 0 Å². The van der Waals surface area contributed by atoms with Crippen molar-refractivity contribution in [3.05, 3.63) is 39.4 Å². The third-order valence-corrected chi connectivity index (χ3v) is 6.20. The number of hydrogen-bond donors (Lipinski definition) is 1. The summed E-state index contributed by atoms with van der Waals surface area (Å²) in [5.74, 6) is -0.312. The van der Waals surface area contributed by atoms with E-state index in [1.54, 1.807) is 31.2 Å². The van der Waals surface area contributed by atoms with Crippen LogP contribution >= 0.6 is 11.6 Å². The number of benzene rings is 1. The van der Waals surface area contributed by atoms with Crippen LogP contribution in [0.2, 0.25) is 5.02 Å². The molecule has 1 unspecified atom stereocenters. The average molecular weight is 439 g/mol. The van der Waals surface area contributed by atoms with Crippen molar-refractivity contribution >= 4 is 29.2 Å². The van der Waals surface area contributed by atoms with Crippen molar-refractivity contribution in [1.29, 1.82) is 0 Å². The Hall–Kier alpha value is -2.13. The Bertz CT molecular complexity index is 868. The van der Waals surface area contributed by atoms with E-state index in [2.05, 4.69) is 0 Å². The highest BCUT2D eigenvalue weighted by molar-refractivity contribution is 6.31. The Balaban J connectivity index is 2.26. The van der Waals surface area contributed by atoms with Gasteiger partial charge in [0.1, 0.15) is 6.10 Å². The van der Waals surface area contributed by atoms with Gasteiger partial charge < -0.3 is 14.7 Å². The Morgan fingerprint density at radius 1 is 1.17 bits per heavy atom. The normalized spacial score (nSPS) is 20.2. The van der Waals surface area contributed by atoms with E-state index in [4.69, 9.17) is 26.0 Å². The number of ether oxygens (including phenoxy) is 1. The molecule has 2 aliphatic heterocycles. The van der Waals surface area contributed by atoms with Crippen LogP contribution in [0.15, 0.2) is 17.7 Å². The molecule has 2 aliphatic rings. The molecule has 2 heterocycles. The Labute approximate surface area is 180 Å². The predicted octanol–water partition coefficient (Wildman–Crippen LogP) is 3.59. The maximum atomic E-state index is 13.6. The van der Waals surface area contributed by atoms with E-state index in [9.17, 15) is 14.7 Å². The number of carboxylic acid groups (broad SMARTS) is 1. The fourth-order valence-electron chi connectivity index (χ4n) is 4.86. The molecule has 0 aliphatic carbocycles. The lowest BCUT2D eigenvalue weighted by Crippen LogP contribution is -2.55. The SMILES string of the molecule is CON1CCC2(CC1)C(C(C)OC(=O)O)=C(c1c(C)cc(Cl)cc1C)C(=O)N2OC. The monoisotopic (exact) mass is 438 g/mol. The molecular formula is C21H27ClN2O6. The highest BCUT2D eigenvalue weighted by Crippen LogP contribution is 2.49. The highest BCUT2D eigenvalue weighted by Gasteiger charge is 2.56. The van der Waals surface area contributed by atoms with Crippen LogP contribution in [0.25, 0.3) is 5.57 Å². The lowest BCUT2D eigenvalue weighted by atomic mass is 9.77. The van der Waals surface area contributed by atoms with E-state index < -0.39 is 17.8 Å². The number of nitrogens with zero attached hydrogens (tertiary/aromatic N) is 2. The molecule has 1 fully saturated rings. The molecule has 1 saturated heterocycles. The van der Waals surface area contributed by atoms with E-state index in [1.807, 2.05) is 13.8 Å². The topological polar surface area (TPSA) is 88.5 Å². The van der Waals surface area contributed by atoms with Gasteiger partial charge in [0.25, 0.3) is 5.91 Å². The Morgan fingerprint density at radius 2 is 1.73 bits per heavy atom. The van der Waals surface area contributed by atoms with Gasteiger partial charge in [-0.05, 0) is 62.4 Å². The fraction of sp³-hybridized carbons (Fsp3) is 0.524. The number of hydroxylamine groups is 4. The van der Waals surface area contributed by atoms with Gasteiger partial charge in [-0.1, -0.05) is 11.6 Å². The summed E-state index contributed by atoms with van der Waals surface area (Å²) >= 11 is 6.21. The number of halogens is 1. The van der Waals surface area contributed by atoms with Gasteiger partial charge in [-0.15, -0.1) is 0 Å². The molecule has 1 atom stereocenters. The number of aryl methyl sites for hydroxylation is 2. The van der Waals surface area contributed by atoms with E-state index in [0.717, 1.165) is 16.7 Å². The summed E-state index contributed by atoms with van der Waals surface area (Å²) in [4.78, 5) is 35.9. The highest BCUT2D eigenvalue weighted by atomic mass is 35.5. The minimum Gasteiger partial charge on any atom is -0.450 e. The molecule has 1 spiro atoms. The number of carbonyl (C=O) groups excluding carboxylic acids is 1. The number of rotatable bonds is 5. The molecule has 0 bridgehead atoms. The second-order valence-electron chi connectivity index (χ2n) is 7.65. The molecular weight excluding hydrogens is 412 g/mol. The lowest BCUT2D eigenvalue weighted by molar-refractivity contribution is -0.218. The van der Waals surface area contributed by atoms with Crippen molar-refractivity contribution in [3.63, 3.8) is 0 Å². The third-order valence-electron chi connectivity index (χ3n) is 5.98. The van der Waals surface area contributed by atoms with Crippen LogP contribution in [0.1, 0.15) is 36.5 Å². The van der Waals surface area contributed by atoms with Gasteiger partial charge in [0.15, 0.2) is 0 Å². The molecule has 3 rings (SSSR count). The molecule has 0 saturated carbocycles. The van der Waals surface area contributed by atoms with Crippen LogP contribution in [0.3, 0.4) is 0 Å². The van der Waals surface area contributed by atoms with E-state index in [1.165, 1.54) is 12.2 Å². The number of carbonyl (C=O) groups is 2. The van der Waals surface area contributed by atoms with Crippen molar-refractivity contribution in [1.82, 2.24) is 10.1 Å². The first kappa shape index (κ1) is 22.6. The van der Waals surface area contributed by atoms with Crippen molar-refractivity contribution in [2.45, 2.75) is 45.3 Å². The quantitative estimate of drug-likeness (QED) is 0.702. The Morgan fingerprint density at radius 3 is 2.20 bits per heavy atom. The first-order valence-electron chi connectivity index (χ1n) is 9.75. The number of hydrogen-bond acceptors (Lipinski definition) is 6. The maximum absolute atomic E-state index is 13.6. The van der Waals surface area contributed by atoms with Crippen molar-refractivity contribution < 1.29 is 29.1 Å². The summed E-state index contributed by atoms with van der Waals surface area (Å²) in [7, 11) is 3.05. The van der Waals surface area contributed by atoms with Gasteiger partial charge in [-0.25, -0.2) is 9.86 Å². The molecule has 1 N–H and O–H groups in total. The summed E-state index contributed by atoms with van der Waals surface area (Å²) < 4.78 is 5.16. The zero-order valence-electron chi connectivity index (χ0n) is 17.8. The van der Waals surface area contributed by atoms with Gasteiger partial charge in [0.2, 0.25) is 0 Å². The minimum absolute atomic E-state index is 0.312. The van der Waals surface area contributed by atoms with Crippen molar-refractivity contribution in [3.8, 4) is 0 Å². The lowest BCUT2D eigenvalue weighted by Gasteiger charge is -2.45. The molecule has 0 radical (unpaired) electrons. The van der Waals surface area contributed by atoms with Gasteiger partial charge in [0.05, 0.1) is 25.3 Å². The zero-order valence-corrected chi connectivity index (χ0v) is 18.6. The van der Waals surface area contributed by atoms with Crippen LogP contribution in [-0.2, 0) is 19.2 Å². The summed E-state index contributed by atoms with van der Waals surface area (Å²) in [6.45, 7) is 6.52. The van der Waals surface area contributed by atoms with E-state index in [0.29, 0.717) is 42.1 Å². The Kier molecular flexibility index (Phi) is 6.43. The van der Waals surface area contributed by atoms with Gasteiger partial charge in [-0.2, -0.15) is 5.06 Å². The van der Waals surface area contributed by atoms with Crippen LogP contribution < -0.4 is 0 Å². The van der Waals surface area contributed by atoms with Crippen LogP contribution in [-0.4, -0.2) is 66.2 Å². The second kappa shape index (κ2) is 8.55. The predicted molar refractivity (Wildman–Crippen MR) is 111 cm³/mol. The summed E-state index contributed by atoms with van der Waals surface area (Å²) in [6.07, 6.45) is -1.21. The maximum Gasteiger partial charge on any atom is 0.506 e. The number of amides is 1. The van der Waals surface area contributed by atoms with Crippen molar-refractivity contribution in [2.75, 3.05) is 27.3 Å². The third kappa shape index (κ3) is 3.69. The summed E-state index contributed by atoms with van der Waals surface area (Å²) in [5, 5.41) is 13.0. The molecule has 30 heavy (non-hydrogen) atoms. The van der Waals surface area contributed by atoms with Gasteiger partial charge >= 0.3 is 6.16 Å². The molecule has 1 amide bonds. The summed E-state index contributed by atoms with van der Waals surface area (Å²) in [6, 6.07) is 3.58. The van der Waals surface area contributed by atoms with Crippen LogP contribution in [0.4, 0.5) is 4.79 Å². The first-order valence-corrected chi connectivity index (χ1v) is 10.1. The molecule has 1 aromatic rings. The smallest absolute Gasteiger partial charge is 0.450 e. The molecule has 9 heteroatoms. The van der Waals surface area contributed by atoms with E-state index in [-0.39, 0.29) is 5.91 Å². The van der Waals surface area contributed by atoms with Crippen LogP contribution in [0.5, 0.6) is 0 Å². The van der Waals surface area contributed by atoms with Crippen molar-refractivity contribution in [2.24, 2.45) is 0 Å². The minimum atomic E-state index is -1.40. The van der Waals surface area contributed by atoms with Crippen LogP contribution in [0, 0.1) is 13.8 Å². The molecule has 1 aromatic carbocycles. The molecule has 0 aromatic heterocycles. The average Bonchev–Trinajstić information content (AvgIpc) is 2.89. The van der Waals surface area contributed by atoms with Gasteiger partial charge in [0, 0.05) is 23.7 Å². The summed E-state index contributed by atoms with van der Waals surface area (Å²) in [5.41, 5.74) is 2.58. The van der Waals surface area contributed by atoms with Gasteiger partial charge in [-0.3, -0.25) is 9.63 Å². The number of piperidine rings is 1. The second-order valence-corrected chi connectivity index (χ2v) is 8.09. The fourth-order valence-corrected chi connectivity index (χ4v) is 5.19. The first-order chi connectivity index (χ1) is 14.2.